The number of hydrogen-bond acceptors (Lipinski definition) is 3. The molecule has 0 unspecified atom stereocenters. The first-order valence-corrected chi connectivity index (χ1v) is 4.95. The molecule has 0 amide bonds. The summed E-state index contributed by atoms with van der Waals surface area (Å²) in [4.78, 5) is 4.37. The Bertz CT molecular complexity index is 441. The van der Waals surface area contributed by atoms with Crippen molar-refractivity contribution in [3.05, 3.63) is 36.2 Å². The van der Waals surface area contributed by atoms with E-state index < -0.39 is 0 Å². The minimum absolute atomic E-state index is 0.0581. The summed E-state index contributed by atoms with van der Waals surface area (Å²) in [6, 6.07) is 5.86. The van der Waals surface area contributed by atoms with Crippen LogP contribution in [0.1, 0.15) is 26.3 Å². The van der Waals surface area contributed by atoms with Crippen molar-refractivity contribution in [1.29, 1.82) is 0 Å². The Kier molecular flexibility index (Phi) is 2.31. The zero-order valence-electron chi connectivity index (χ0n) is 9.19. The second-order valence-corrected chi connectivity index (χ2v) is 4.53. The molecule has 78 valence electrons. The molecule has 0 saturated heterocycles. The standard InChI is InChI=1S/C12H14N2O/c1-12(2,3)9-5-4-7-13-11(9)10-6-8-15-14-10/h4-8H,1-3H3. The Hall–Kier alpha value is -1.64. The second-order valence-electron chi connectivity index (χ2n) is 4.53. The summed E-state index contributed by atoms with van der Waals surface area (Å²) in [5.74, 6) is 0. The molecule has 2 aromatic rings. The van der Waals surface area contributed by atoms with Gasteiger partial charge in [-0.05, 0) is 17.0 Å². The van der Waals surface area contributed by atoms with E-state index in [4.69, 9.17) is 4.52 Å². The Morgan fingerprint density at radius 3 is 2.60 bits per heavy atom. The minimum atomic E-state index is 0.0581. The topological polar surface area (TPSA) is 38.9 Å². The van der Waals surface area contributed by atoms with Gasteiger partial charge in [-0.15, -0.1) is 0 Å². The van der Waals surface area contributed by atoms with Gasteiger partial charge < -0.3 is 4.52 Å². The Morgan fingerprint density at radius 1 is 1.20 bits per heavy atom. The molecular formula is C12H14N2O. The highest BCUT2D eigenvalue weighted by Crippen LogP contribution is 2.29. The van der Waals surface area contributed by atoms with E-state index in [0.29, 0.717) is 0 Å². The molecule has 0 aliphatic heterocycles. The van der Waals surface area contributed by atoms with Crippen LogP contribution in [0.2, 0.25) is 0 Å². The van der Waals surface area contributed by atoms with Crippen LogP contribution in [-0.4, -0.2) is 10.1 Å². The van der Waals surface area contributed by atoms with Crippen LogP contribution in [0.25, 0.3) is 11.4 Å². The molecule has 0 spiro atoms. The lowest BCUT2D eigenvalue weighted by molar-refractivity contribution is 0.422. The maximum atomic E-state index is 4.85. The first kappa shape index (κ1) is 9.90. The molecule has 0 saturated carbocycles. The quantitative estimate of drug-likeness (QED) is 0.713. The fraction of sp³-hybridized carbons (Fsp3) is 0.333. The van der Waals surface area contributed by atoms with Crippen LogP contribution in [0.4, 0.5) is 0 Å². The molecule has 0 N–H and O–H groups in total. The molecule has 0 aliphatic carbocycles. The molecule has 0 radical (unpaired) electrons. The maximum Gasteiger partial charge on any atom is 0.132 e. The summed E-state index contributed by atoms with van der Waals surface area (Å²) in [6.07, 6.45) is 3.34. The van der Waals surface area contributed by atoms with Crippen molar-refractivity contribution < 1.29 is 4.52 Å². The molecule has 3 nitrogen and oxygen atoms in total. The molecule has 0 aliphatic rings. The fourth-order valence-corrected chi connectivity index (χ4v) is 1.55. The van der Waals surface area contributed by atoms with Crippen molar-refractivity contribution in [3.8, 4) is 11.4 Å². The lowest BCUT2D eigenvalue weighted by atomic mass is 9.85. The molecule has 0 aromatic carbocycles. The van der Waals surface area contributed by atoms with Gasteiger partial charge in [0, 0.05) is 12.3 Å². The van der Waals surface area contributed by atoms with E-state index in [0.717, 1.165) is 11.4 Å². The van der Waals surface area contributed by atoms with Gasteiger partial charge in [-0.3, -0.25) is 4.98 Å². The van der Waals surface area contributed by atoms with Gasteiger partial charge in [0.25, 0.3) is 0 Å². The van der Waals surface area contributed by atoms with E-state index in [1.807, 2.05) is 12.1 Å². The SMILES string of the molecule is CC(C)(C)c1cccnc1-c1ccon1. The van der Waals surface area contributed by atoms with Crippen molar-refractivity contribution in [3.63, 3.8) is 0 Å². The van der Waals surface area contributed by atoms with Gasteiger partial charge in [0.05, 0.1) is 5.69 Å². The lowest BCUT2D eigenvalue weighted by Gasteiger charge is -2.20. The minimum Gasteiger partial charge on any atom is -0.364 e. The van der Waals surface area contributed by atoms with Gasteiger partial charge in [0.2, 0.25) is 0 Å². The summed E-state index contributed by atoms with van der Waals surface area (Å²) in [5.41, 5.74) is 2.93. The molecule has 15 heavy (non-hydrogen) atoms. The van der Waals surface area contributed by atoms with Crippen LogP contribution < -0.4 is 0 Å². The van der Waals surface area contributed by atoms with Gasteiger partial charge in [-0.2, -0.15) is 0 Å². The predicted octanol–water partition coefficient (Wildman–Crippen LogP) is 3.03. The van der Waals surface area contributed by atoms with Gasteiger partial charge in [0.15, 0.2) is 0 Å². The van der Waals surface area contributed by atoms with Crippen molar-refractivity contribution >= 4 is 0 Å². The Balaban J connectivity index is 2.58. The van der Waals surface area contributed by atoms with Crippen LogP contribution in [0.5, 0.6) is 0 Å². The first-order valence-electron chi connectivity index (χ1n) is 4.95. The average molecular weight is 202 g/mol. The smallest absolute Gasteiger partial charge is 0.132 e. The van der Waals surface area contributed by atoms with Crippen LogP contribution in [0.15, 0.2) is 35.2 Å². The number of rotatable bonds is 1. The highest BCUT2D eigenvalue weighted by atomic mass is 16.5. The van der Waals surface area contributed by atoms with E-state index in [1.54, 1.807) is 12.5 Å². The van der Waals surface area contributed by atoms with Crippen molar-refractivity contribution in [1.82, 2.24) is 10.1 Å². The molecule has 3 heteroatoms. The first-order chi connectivity index (χ1) is 7.09. The predicted molar refractivity (Wildman–Crippen MR) is 58.4 cm³/mol. The maximum absolute atomic E-state index is 4.85. The van der Waals surface area contributed by atoms with Gasteiger partial charge in [0.1, 0.15) is 12.0 Å². The highest BCUT2D eigenvalue weighted by molar-refractivity contribution is 5.59. The Labute approximate surface area is 89.1 Å². The van der Waals surface area contributed by atoms with E-state index in [9.17, 15) is 0 Å². The Morgan fingerprint density at radius 2 is 2.00 bits per heavy atom. The number of nitrogens with zero attached hydrogens (tertiary/aromatic N) is 2. The van der Waals surface area contributed by atoms with Gasteiger partial charge >= 0.3 is 0 Å². The molecule has 0 atom stereocenters. The third-order valence-corrected chi connectivity index (χ3v) is 2.30. The van der Waals surface area contributed by atoms with E-state index in [1.165, 1.54) is 5.56 Å². The summed E-state index contributed by atoms with van der Waals surface area (Å²) in [6.45, 7) is 6.48. The fourth-order valence-electron chi connectivity index (χ4n) is 1.55. The van der Waals surface area contributed by atoms with Crippen LogP contribution in [0, 0.1) is 0 Å². The zero-order chi connectivity index (χ0) is 10.9. The number of hydrogen-bond donors (Lipinski definition) is 0. The van der Waals surface area contributed by atoms with Crippen molar-refractivity contribution in [2.24, 2.45) is 0 Å². The molecule has 2 aromatic heterocycles. The van der Waals surface area contributed by atoms with Gasteiger partial charge in [-0.25, -0.2) is 0 Å². The van der Waals surface area contributed by atoms with Gasteiger partial charge in [-0.1, -0.05) is 32.0 Å². The monoisotopic (exact) mass is 202 g/mol. The van der Waals surface area contributed by atoms with E-state index in [-0.39, 0.29) is 5.41 Å². The lowest BCUT2D eigenvalue weighted by Crippen LogP contribution is -2.13. The average Bonchev–Trinajstić information content (AvgIpc) is 2.69. The summed E-state index contributed by atoms with van der Waals surface area (Å²) in [5, 5.41) is 3.92. The molecule has 0 fully saturated rings. The molecule has 0 bridgehead atoms. The zero-order valence-corrected chi connectivity index (χ0v) is 9.19. The van der Waals surface area contributed by atoms with Crippen molar-refractivity contribution in [2.75, 3.05) is 0 Å². The van der Waals surface area contributed by atoms with Crippen molar-refractivity contribution in [2.45, 2.75) is 26.2 Å². The number of pyridine rings is 1. The largest absolute Gasteiger partial charge is 0.364 e. The summed E-state index contributed by atoms with van der Waals surface area (Å²) in [7, 11) is 0. The van der Waals surface area contributed by atoms with Crippen LogP contribution >= 0.6 is 0 Å². The number of aromatic nitrogens is 2. The van der Waals surface area contributed by atoms with Crippen LogP contribution in [-0.2, 0) is 5.41 Å². The molecule has 2 rings (SSSR count). The highest BCUT2D eigenvalue weighted by Gasteiger charge is 2.20. The summed E-state index contributed by atoms with van der Waals surface area (Å²) >= 11 is 0. The molecular weight excluding hydrogens is 188 g/mol. The second kappa shape index (κ2) is 3.50. The van der Waals surface area contributed by atoms with E-state index >= 15 is 0 Å². The third kappa shape index (κ3) is 1.91. The normalized spacial score (nSPS) is 11.7. The third-order valence-electron chi connectivity index (χ3n) is 2.30. The van der Waals surface area contributed by atoms with Crippen LogP contribution in [0.3, 0.4) is 0 Å². The van der Waals surface area contributed by atoms with E-state index in [2.05, 4.69) is 37.0 Å². The molecule has 2 heterocycles. The summed E-state index contributed by atoms with van der Waals surface area (Å²) < 4.78 is 4.85.